The highest BCUT2D eigenvalue weighted by atomic mass is 35.5. The molecule has 2 rings (SSSR count). The van der Waals surface area contributed by atoms with Gasteiger partial charge in [0.1, 0.15) is 0 Å². The maximum absolute atomic E-state index is 12.5. The van der Waals surface area contributed by atoms with Gasteiger partial charge in [0.15, 0.2) is 0 Å². The molecule has 1 fully saturated rings. The second-order valence-corrected chi connectivity index (χ2v) is 7.20. The van der Waals surface area contributed by atoms with Crippen LogP contribution in [0.3, 0.4) is 0 Å². The SMILES string of the molecule is Cl.O=C(CCC1CCNC1)Nc1cccc(S(=O)(=O)C(F)F)c1. The molecule has 1 aromatic carbocycles. The summed E-state index contributed by atoms with van der Waals surface area (Å²) in [5.41, 5.74) is 0.205. The van der Waals surface area contributed by atoms with Crippen LogP contribution < -0.4 is 10.6 Å². The average Bonchev–Trinajstić information content (AvgIpc) is 2.98. The van der Waals surface area contributed by atoms with Gasteiger partial charge in [-0.15, -0.1) is 12.4 Å². The minimum atomic E-state index is -4.65. The summed E-state index contributed by atoms with van der Waals surface area (Å²) >= 11 is 0. The van der Waals surface area contributed by atoms with E-state index < -0.39 is 20.5 Å². The first-order chi connectivity index (χ1) is 10.4. The number of carbonyl (C=O) groups excluding carboxylic acids is 1. The number of sulfone groups is 1. The molecular weight excluding hydrogens is 350 g/mol. The normalized spacial score (nSPS) is 17.8. The van der Waals surface area contributed by atoms with Crippen LogP contribution in [0.15, 0.2) is 29.2 Å². The lowest BCUT2D eigenvalue weighted by molar-refractivity contribution is -0.116. The number of benzene rings is 1. The van der Waals surface area contributed by atoms with Gasteiger partial charge in [-0.3, -0.25) is 4.79 Å². The number of alkyl halides is 2. The van der Waals surface area contributed by atoms with Crippen LogP contribution in [0.2, 0.25) is 0 Å². The van der Waals surface area contributed by atoms with Crippen molar-refractivity contribution in [1.82, 2.24) is 5.32 Å². The van der Waals surface area contributed by atoms with Crippen molar-refractivity contribution >= 4 is 33.8 Å². The molecule has 0 radical (unpaired) electrons. The van der Waals surface area contributed by atoms with Crippen molar-refractivity contribution in [3.8, 4) is 0 Å². The number of nitrogens with one attached hydrogen (secondary N) is 2. The van der Waals surface area contributed by atoms with E-state index in [-0.39, 0.29) is 24.0 Å². The Morgan fingerprint density at radius 3 is 2.74 bits per heavy atom. The average molecular weight is 369 g/mol. The van der Waals surface area contributed by atoms with E-state index >= 15 is 0 Å². The van der Waals surface area contributed by atoms with Gasteiger partial charge in [-0.25, -0.2) is 8.42 Å². The van der Waals surface area contributed by atoms with Crippen LogP contribution in [0.1, 0.15) is 19.3 Å². The number of halogens is 3. The fourth-order valence-corrected chi connectivity index (χ4v) is 3.14. The van der Waals surface area contributed by atoms with Crippen molar-refractivity contribution in [2.75, 3.05) is 18.4 Å². The Kier molecular flexibility index (Phi) is 7.37. The predicted molar refractivity (Wildman–Crippen MR) is 85.7 cm³/mol. The molecule has 1 unspecified atom stereocenters. The largest absolute Gasteiger partial charge is 0.341 e. The number of carbonyl (C=O) groups is 1. The fraction of sp³-hybridized carbons (Fsp3) is 0.500. The molecule has 1 saturated heterocycles. The summed E-state index contributed by atoms with van der Waals surface area (Å²) in [5, 5.41) is 5.76. The van der Waals surface area contributed by atoms with E-state index in [1.54, 1.807) is 0 Å². The first kappa shape index (κ1) is 19.8. The Morgan fingerprint density at radius 2 is 2.13 bits per heavy atom. The van der Waals surface area contributed by atoms with Crippen LogP contribution in [0.25, 0.3) is 0 Å². The highest BCUT2D eigenvalue weighted by Gasteiger charge is 2.26. The van der Waals surface area contributed by atoms with Crippen LogP contribution in [0.4, 0.5) is 14.5 Å². The van der Waals surface area contributed by atoms with Crippen LogP contribution >= 0.6 is 12.4 Å². The van der Waals surface area contributed by atoms with E-state index in [2.05, 4.69) is 10.6 Å². The van der Waals surface area contributed by atoms with E-state index in [9.17, 15) is 22.0 Å². The topological polar surface area (TPSA) is 75.3 Å². The van der Waals surface area contributed by atoms with E-state index in [1.807, 2.05) is 0 Å². The maximum Gasteiger partial charge on any atom is 0.341 e. The predicted octanol–water partition coefficient (Wildman–Crippen LogP) is 2.43. The molecule has 0 aliphatic carbocycles. The minimum Gasteiger partial charge on any atom is -0.326 e. The van der Waals surface area contributed by atoms with Gasteiger partial charge < -0.3 is 10.6 Å². The molecule has 0 bridgehead atoms. The monoisotopic (exact) mass is 368 g/mol. The van der Waals surface area contributed by atoms with Crippen LogP contribution in [-0.2, 0) is 14.6 Å². The van der Waals surface area contributed by atoms with Gasteiger partial charge in [0, 0.05) is 12.1 Å². The minimum absolute atomic E-state index is 0. The van der Waals surface area contributed by atoms with Crippen molar-refractivity contribution in [2.45, 2.75) is 29.9 Å². The van der Waals surface area contributed by atoms with Gasteiger partial charge in [0.25, 0.3) is 0 Å². The smallest absolute Gasteiger partial charge is 0.326 e. The number of hydrogen-bond acceptors (Lipinski definition) is 4. The fourth-order valence-electron chi connectivity index (χ4n) is 2.37. The van der Waals surface area contributed by atoms with Crippen molar-refractivity contribution in [3.63, 3.8) is 0 Å². The Balaban J connectivity index is 0.00000264. The van der Waals surface area contributed by atoms with Crippen LogP contribution in [0, 0.1) is 5.92 Å². The summed E-state index contributed by atoms with van der Waals surface area (Å²) in [4.78, 5) is 11.3. The summed E-state index contributed by atoms with van der Waals surface area (Å²) in [6.45, 7) is 1.86. The first-order valence-corrected chi connectivity index (χ1v) is 8.57. The molecule has 5 nitrogen and oxygen atoms in total. The molecular formula is C14H19ClF2N2O3S. The summed E-state index contributed by atoms with van der Waals surface area (Å²) in [6.07, 6.45) is 2.10. The zero-order valence-corrected chi connectivity index (χ0v) is 13.9. The zero-order valence-electron chi connectivity index (χ0n) is 12.3. The van der Waals surface area contributed by atoms with Gasteiger partial charge in [-0.2, -0.15) is 8.78 Å². The number of amides is 1. The molecule has 0 saturated carbocycles. The Bertz CT molecular complexity index is 635. The van der Waals surface area contributed by atoms with E-state index in [4.69, 9.17) is 0 Å². The number of hydrogen-bond donors (Lipinski definition) is 2. The van der Waals surface area contributed by atoms with Crippen molar-refractivity contribution in [3.05, 3.63) is 24.3 Å². The third-order valence-electron chi connectivity index (χ3n) is 3.62. The van der Waals surface area contributed by atoms with Gasteiger partial charge in [0.2, 0.25) is 15.7 Å². The van der Waals surface area contributed by atoms with Crippen molar-refractivity contribution < 1.29 is 22.0 Å². The highest BCUT2D eigenvalue weighted by molar-refractivity contribution is 7.91. The van der Waals surface area contributed by atoms with Gasteiger partial charge >= 0.3 is 5.76 Å². The second kappa shape index (κ2) is 8.56. The quantitative estimate of drug-likeness (QED) is 0.808. The number of anilines is 1. The van der Waals surface area contributed by atoms with Crippen molar-refractivity contribution in [1.29, 1.82) is 0 Å². The molecule has 1 heterocycles. The van der Waals surface area contributed by atoms with E-state index in [1.165, 1.54) is 12.1 Å². The van der Waals surface area contributed by atoms with Crippen LogP contribution in [-0.4, -0.2) is 33.2 Å². The lowest BCUT2D eigenvalue weighted by atomic mass is 10.0. The molecule has 1 amide bonds. The summed E-state index contributed by atoms with van der Waals surface area (Å²) in [7, 11) is -4.65. The first-order valence-electron chi connectivity index (χ1n) is 7.02. The third-order valence-corrected chi connectivity index (χ3v) is 5.00. The molecule has 0 aromatic heterocycles. The molecule has 1 atom stereocenters. The number of rotatable bonds is 6. The third kappa shape index (κ3) is 5.40. The highest BCUT2D eigenvalue weighted by Crippen LogP contribution is 2.22. The van der Waals surface area contributed by atoms with Gasteiger partial charge in [-0.05, 0) is 50.0 Å². The van der Waals surface area contributed by atoms with Gasteiger partial charge in [-0.1, -0.05) is 6.07 Å². The lowest BCUT2D eigenvalue weighted by Gasteiger charge is -2.10. The van der Waals surface area contributed by atoms with E-state index in [0.29, 0.717) is 12.3 Å². The summed E-state index contributed by atoms with van der Waals surface area (Å²) < 4.78 is 47.8. The molecule has 1 aromatic rings. The second-order valence-electron chi connectivity index (χ2n) is 5.28. The molecule has 1 aliphatic heterocycles. The molecule has 130 valence electrons. The lowest BCUT2D eigenvalue weighted by Crippen LogP contribution is -2.16. The summed E-state index contributed by atoms with van der Waals surface area (Å²) in [6, 6.07) is 4.93. The zero-order chi connectivity index (χ0) is 16.2. The Morgan fingerprint density at radius 1 is 1.39 bits per heavy atom. The van der Waals surface area contributed by atoms with Crippen LogP contribution in [0.5, 0.6) is 0 Å². The molecule has 1 aliphatic rings. The van der Waals surface area contributed by atoms with E-state index in [0.717, 1.165) is 38.1 Å². The Hall–Kier alpha value is -1.25. The van der Waals surface area contributed by atoms with Crippen molar-refractivity contribution in [2.24, 2.45) is 5.92 Å². The Labute approximate surface area is 140 Å². The standard InChI is InChI=1S/C14H18F2N2O3S.ClH/c15-14(16)22(20,21)12-3-1-2-11(8-12)18-13(19)5-4-10-6-7-17-9-10;/h1-3,8,10,14,17H,4-7,9H2,(H,18,19);1H. The summed E-state index contributed by atoms with van der Waals surface area (Å²) in [5.74, 6) is -3.26. The maximum atomic E-state index is 12.5. The van der Waals surface area contributed by atoms with Gasteiger partial charge in [0.05, 0.1) is 4.90 Å². The molecule has 9 heteroatoms. The molecule has 2 N–H and O–H groups in total. The molecule has 23 heavy (non-hydrogen) atoms. The molecule has 0 spiro atoms.